The summed E-state index contributed by atoms with van der Waals surface area (Å²) in [5.41, 5.74) is 2.31. The molecule has 0 amide bonds. The van der Waals surface area contributed by atoms with E-state index in [1.807, 2.05) is 24.3 Å². The number of hydrogen-bond donors (Lipinski definition) is 3. The minimum absolute atomic E-state index is 0.131. The molecule has 3 rings (SSSR count). The molecule has 3 N–H and O–H groups in total. The van der Waals surface area contributed by atoms with Gasteiger partial charge >= 0.3 is 0 Å². The van der Waals surface area contributed by atoms with Crippen molar-refractivity contribution < 1.29 is 18.3 Å². The van der Waals surface area contributed by atoms with Gasteiger partial charge in [-0.15, -0.1) is 0 Å². The fourth-order valence-corrected chi connectivity index (χ4v) is 3.60. The summed E-state index contributed by atoms with van der Waals surface area (Å²) >= 11 is 1.42. The summed E-state index contributed by atoms with van der Waals surface area (Å²) in [4.78, 5) is 7.63. The lowest BCUT2D eigenvalue weighted by Gasteiger charge is -2.12. The zero-order chi connectivity index (χ0) is 18.6. The largest absolute Gasteiger partial charge is 0.491 e. The van der Waals surface area contributed by atoms with Crippen LogP contribution in [0.2, 0.25) is 0 Å². The normalized spacial score (nSPS) is 12.8. The number of anilines is 1. The lowest BCUT2D eigenvalue weighted by Crippen LogP contribution is -2.20. The first-order valence-corrected chi connectivity index (χ1v) is 10.7. The second-order valence-corrected chi connectivity index (χ2v) is 8.49. The molecular formula is C17H19N3O4S2. The second-order valence-electron chi connectivity index (χ2n) is 5.73. The van der Waals surface area contributed by atoms with Crippen LogP contribution in [0.4, 0.5) is 5.69 Å². The minimum atomic E-state index is -3.30. The van der Waals surface area contributed by atoms with Crippen LogP contribution in [0.25, 0.3) is 11.0 Å². The van der Waals surface area contributed by atoms with Gasteiger partial charge in [-0.05, 0) is 36.4 Å². The van der Waals surface area contributed by atoms with Crippen molar-refractivity contribution in [2.24, 2.45) is 0 Å². The number of aliphatic hydroxyl groups is 1. The maximum absolute atomic E-state index is 11.2. The molecule has 3 aromatic rings. The summed E-state index contributed by atoms with van der Waals surface area (Å²) in [5.74, 6) is 0.991. The first kappa shape index (κ1) is 18.6. The molecule has 0 aliphatic heterocycles. The van der Waals surface area contributed by atoms with E-state index in [-0.39, 0.29) is 6.61 Å². The van der Waals surface area contributed by atoms with Crippen LogP contribution in [0, 0.1) is 0 Å². The molecule has 0 saturated heterocycles. The van der Waals surface area contributed by atoms with E-state index in [0.717, 1.165) is 22.4 Å². The van der Waals surface area contributed by atoms with Crippen LogP contribution in [-0.4, -0.2) is 48.2 Å². The van der Waals surface area contributed by atoms with Crippen molar-refractivity contribution in [3.8, 4) is 5.75 Å². The van der Waals surface area contributed by atoms with Crippen molar-refractivity contribution in [2.75, 3.05) is 23.3 Å². The average Bonchev–Trinajstić information content (AvgIpc) is 3.01. The maximum Gasteiger partial charge on any atom is 0.229 e. The molecule has 1 heterocycles. The lowest BCUT2D eigenvalue weighted by molar-refractivity contribution is 0.126. The van der Waals surface area contributed by atoms with Crippen molar-refractivity contribution in [3.63, 3.8) is 0 Å². The Balaban J connectivity index is 1.47. The van der Waals surface area contributed by atoms with Crippen molar-refractivity contribution >= 4 is 38.5 Å². The van der Waals surface area contributed by atoms with Crippen LogP contribution in [0.3, 0.4) is 0 Å². The van der Waals surface area contributed by atoms with E-state index in [1.54, 1.807) is 24.3 Å². The number of hydrogen-bond acceptors (Lipinski definition) is 6. The van der Waals surface area contributed by atoms with Gasteiger partial charge in [0.2, 0.25) is 10.0 Å². The Bertz CT molecular complexity index is 938. The van der Waals surface area contributed by atoms with Gasteiger partial charge in [-0.3, -0.25) is 4.72 Å². The van der Waals surface area contributed by atoms with Gasteiger partial charge in [-0.25, -0.2) is 13.4 Å². The molecule has 0 radical (unpaired) electrons. The SMILES string of the molecule is CS(=O)(=O)Nc1ccc(OC[C@@H](O)CSc2nc3ccccc3[nH]2)cc1. The van der Waals surface area contributed by atoms with Gasteiger partial charge in [-0.1, -0.05) is 23.9 Å². The fraction of sp³-hybridized carbons (Fsp3) is 0.235. The van der Waals surface area contributed by atoms with E-state index in [9.17, 15) is 13.5 Å². The number of sulfonamides is 1. The zero-order valence-electron chi connectivity index (χ0n) is 14.0. The summed E-state index contributed by atoms with van der Waals surface area (Å²) in [6.07, 6.45) is 0.426. The number of para-hydroxylation sites is 2. The van der Waals surface area contributed by atoms with Crippen molar-refractivity contribution in [1.82, 2.24) is 9.97 Å². The third kappa shape index (κ3) is 5.38. The Labute approximate surface area is 155 Å². The van der Waals surface area contributed by atoms with Crippen LogP contribution in [0.5, 0.6) is 5.75 Å². The number of nitrogens with zero attached hydrogens (tertiary/aromatic N) is 1. The van der Waals surface area contributed by atoms with E-state index >= 15 is 0 Å². The van der Waals surface area contributed by atoms with Gasteiger partial charge in [-0.2, -0.15) is 0 Å². The third-order valence-corrected chi connectivity index (χ3v) is 5.00. The maximum atomic E-state index is 11.2. The smallest absolute Gasteiger partial charge is 0.229 e. The highest BCUT2D eigenvalue weighted by molar-refractivity contribution is 7.99. The Morgan fingerprint density at radius 2 is 1.96 bits per heavy atom. The number of imidazole rings is 1. The summed E-state index contributed by atoms with van der Waals surface area (Å²) in [6.45, 7) is 0.131. The van der Waals surface area contributed by atoms with E-state index < -0.39 is 16.1 Å². The van der Waals surface area contributed by atoms with E-state index in [0.29, 0.717) is 17.2 Å². The summed E-state index contributed by atoms with van der Waals surface area (Å²) in [7, 11) is -3.30. The number of fused-ring (bicyclic) bond motifs is 1. The number of aliphatic hydroxyl groups excluding tert-OH is 1. The van der Waals surface area contributed by atoms with Gasteiger partial charge < -0.3 is 14.8 Å². The molecule has 0 unspecified atom stereocenters. The fourth-order valence-electron chi connectivity index (χ4n) is 2.25. The average molecular weight is 393 g/mol. The second kappa shape index (κ2) is 7.98. The number of H-pyrrole nitrogens is 1. The van der Waals surface area contributed by atoms with Crippen LogP contribution in [-0.2, 0) is 10.0 Å². The molecule has 7 nitrogen and oxygen atoms in total. The number of aromatic amines is 1. The van der Waals surface area contributed by atoms with E-state index in [1.165, 1.54) is 11.8 Å². The highest BCUT2D eigenvalue weighted by atomic mass is 32.2. The molecule has 138 valence electrons. The Morgan fingerprint density at radius 1 is 1.23 bits per heavy atom. The van der Waals surface area contributed by atoms with Crippen molar-refractivity contribution in [3.05, 3.63) is 48.5 Å². The monoisotopic (exact) mass is 393 g/mol. The number of ether oxygens (including phenoxy) is 1. The van der Waals surface area contributed by atoms with E-state index in [2.05, 4.69) is 14.7 Å². The van der Waals surface area contributed by atoms with Crippen LogP contribution in [0.1, 0.15) is 0 Å². The molecule has 0 spiro atoms. The molecule has 0 fully saturated rings. The molecule has 0 aliphatic rings. The highest BCUT2D eigenvalue weighted by Gasteiger charge is 2.09. The molecule has 0 aliphatic carbocycles. The number of rotatable bonds is 8. The number of aromatic nitrogens is 2. The van der Waals surface area contributed by atoms with Gasteiger partial charge in [0.05, 0.1) is 23.4 Å². The van der Waals surface area contributed by atoms with E-state index in [4.69, 9.17) is 4.74 Å². The number of benzene rings is 2. The van der Waals surface area contributed by atoms with Crippen LogP contribution in [0.15, 0.2) is 53.7 Å². The first-order valence-electron chi connectivity index (χ1n) is 7.85. The molecular weight excluding hydrogens is 374 g/mol. The minimum Gasteiger partial charge on any atom is -0.491 e. The standard InChI is InChI=1S/C17H19N3O4S2/c1-26(22,23)20-12-6-8-14(9-7-12)24-10-13(21)11-25-17-18-15-4-2-3-5-16(15)19-17/h2-9,13,20-21H,10-11H2,1H3,(H,18,19)/t13-/m1/s1. The third-order valence-electron chi connectivity index (χ3n) is 3.38. The molecule has 1 aromatic heterocycles. The first-order chi connectivity index (χ1) is 12.4. The zero-order valence-corrected chi connectivity index (χ0v) is 15.7. The summed E-state index contributed by atoms with van der Waals surface area (Å²) < 4.78 is 30.2. The molecule has 9 heteroatoms. The molecule has 0 saturated carbocycles. The predicted octanol–water partition coefficient (Wildman–Crippen LogP) is 2.47. The number of thioether (sulfide) groups is 1. The van der Waals surface area contributed by atoms with Gasteiger partial charge in [0.25, 0.3) is 0 Å². The highest BCUT2D eigenvalue weighted by Crippen LogP contribution is 2.21. The molecule has 2 aromatic carbocycles. The van der Waals surface area contributed by atoms with Crippen molar-refractivity contribution in [2.45, 2.75) is 11.3 Å². The van der Waals surface area contributed by atoms with Crippen LogP contribution < -0.4 is 9.46 Å². The Hall–Kier alpha value is -2.23. The molecule has 1 atom stereocenters. The van der Waals surface area contributed by atoms with Gasteiger partial charge in [0, 0.05) is 11.4 Å². The predicted molar refractivity (Wildman–Crippen MR) is 103 cm³/mol. The quantitative estimate of drug-likeness (QED) is 0.508. The Morgan fingerprint density at radius 3 is 2.65 bits per heavy atom. The molecule has 26 heavy (non-hydrogen) atoms. The van der Waals surface area contributed by atoms with Crippen molar-refractivity contribution in [1.29, 1.82) is 0 Å². The summed E-state index contributed by atoms with van der Waals surface area (Å²) in [5, 5.41) is 10.8. The number of nitrogens with one attached hydrogen (secondary N) is 2. The molecule has 0 bridgehead atoms. The van der Waals surface area contributed by atoms with Gasteiger partial charge in [0.15, 0.2) is 5.16 Å². The Kier molecular flexibility index (Phi) is 5.70. The topological polar surface area (TPSA) is 104 Å². The van der Waals surface area contributed by atoms with Gasteiger partial charge in [0.1, 0.15) is 12.4 Å². The summed E-state index contributed by atoms with van der Waals surface area (Å²) in [6, 6.07) is 14.2. The lowest BCUT2D eigenvalue weighted by atomic mass is 10.3. The van der Waals surface area contributed by atoms with Crippen LogP contribution >= 0.6 is 11.8 Å².